The first kappa shape index (κ1) is 16.7. The molecule has 1 aliphatic rings. The van der Waals surface area contributed by atoms with Crippen molar-refractivity contribution in [3.63, 3.8) is 0 Å². The summed E-state index contributed by atoms with van der Waals surface area (Å²) < 4.78 is 0. The van der Waals surface area contributed by atoms with Crippen molar-refractivity contribution in [2.45, 2.75) is 45.3 Å². The van der Waals surface area contributed by atoms with Crippen molar-refractivity contribution in [1.82, 2.24) is 10.2 Å². The summed E-state index contributed by atoms with van der Waals surface area (Å²) in [5, 5.41) is 3.16. The topological polar surface area (TPSA) is 32.3 Å². The molecular weight excluding hydrogens is 296 g/mol. The quantitative estimate of drug-likeness (QED) is 0.878. The van der Waals surface area contributed by atoms with E-state index >= 15 is 0 Å². The molecule has 126 valence electrons. The van der Waals surface area contributed by atoms with Crippen LogP contribution in [0.2, 0.25) is 0 Å². The van der Waals surface area contributed by atoms with E-state index in [1.54, 1.807) is 0 Å². The van der Waals surface area contributed by atoms with Crippen LogP contribution in [0.4, 0.5) is 0 Å². The van der Waals surface area contributed by atoms with Crippen LogP contribution >= 0.6 is 0 Å². The van der Waals surface area contributed by atoms with Crippen LogP contribution in [0.15, 0.2) is 48.5 Å². The lowest BCUT2D eigenvalue weighted by atomic mass is 10.0. The van der Waals surface area contributed by atoms with Crippen molar-refractivity contribution in [3.8, 4) is 0 Å². The molecule has 1 atom stereocenters. The molecule has 2 aromatic rings. The molecule has 0 saturated heterocycles. The van der Waals surface area contributed by atoms with Crippen LogP contribution in [-0.4, -0.2) is 23.9 Å². The molecule has 0 heterocycles. The first-order chi connectivity index (χ1) is 11.5. The van der Waals surface area contributed by atoms with Crippen LogP contribution in [0.1, 0.15) is 41.1 Å². The maximum Gasteiger partial charge on any atom is 0.242 e. The van der Waals surface area contributed by atoms with E-state index in [9.17, 15) is 4.79 Å². The standard InChI is InChI=1S/C21H26N2O/c1-15-9-10-18(16(2)13-15)14-23(3)20(17-7-5-4-6-8-17)21(24)22-19-11-12-19/h4-10,13,19-20H,11-12,14H2,1-3H3,(H,22,24). The SMILES string of the molecule is Cc1ccc(CN(C)C(C(=O)NC2CC2)c2ccccc2)c(C)c1. The molecule has 0 spiro atoms. The predicted octanol–water partition coefficient (Wildman–Crippen LogP) is 3.76. The van der Waals surface area contributed by atoms with Crippen LogP contribution in [0.3, 0.4) is 0 Å². The zero-order chi connectivity index (χ0) is 17.1. The van der Waals surface area contributed by atoms with Gasteiger partial charge in [0.15, 0.2) is 0 Å². The van der Waals surface area contributed by atoms with Crippen molar-refractivity contribution in [1.29, 1.82) is 0 Å². The fourth-order valence-corrected chi connectivity index (χ4v) is 3.13. The van der Waals surface area contributed by atoms with E-state index in [-0.39, 0.29) is 11.9 Å². The predicted molar refractivity (Wildman–Crippen MR) is 97.7 cm³/mol. The third-order valence-corrected chi connectivity index (χ3v) is 4.65. The maximum absolute atomic E-state index is 12.8. The molecule has 1 fully saturated rings. The number of nitrogens with one attached hydrogen (secondary N) is 1. The monoisotopic (exact) mass is 322 g/mol. The van der Waals surface area contributed by atoms with Gasteiger partial charge in [-0.05, 0) is 50.4 Å². The molecule has 1 amide bonds. The van der Waals surface area contributed by atoms with Gasteiger partial charge in [0, 0.05) is 12.6 Å². The van der Waals surface area contributed by atoms with Gasteiger partial charge in [0.25, 0.3) is 0 Å². The van der Waals surface area contributed by atoms with Gasteiger partial charge in [-0.2, -0.15) is 0 Å². The normalized spacial score (nSPS) is 15.3. The number of aryl methyl sites for hydroxylation is 2. The Morgan fingerprint density at radius 1 is 1.17 bits per heavy atom. The molecule has 1 unspecified atom stereocenters. The van der Waals surface area contributed by atoms with Gasteiger partial charge in [-0.25, -0.2) is 0 Å². The van der Waals surface area contributed by atoms with Crippen LogP contribution < -0.4 is 5.32 Å². The van der Waals surface area contributed by atoms with Gasteiger partial charge >= 0.3 is 0 Å². The van der Waals surface area contributed by atoms with E-state index in [1.807, 2.05) is 37.4 Å². The maximum atomic E-state index is 12.8. The molecule has 3 rings (SSSR count). The highest BCUT2D eigenvalue weighted by atomic mass is 16.2. The highest BCUT2D eigenvalue weighted by Crippen LogP contribution is 2.26. The number of amides is 1. The summed E-state index contributed by atoms with van der Waals surface area (Å²) in [7, 11) is 2.03. The number of rotatable bonds is 6. The molecule has 1 N–H and O–H groups in total. The molecule has 3 heteroatoms. The van der Waals surface area contributed by atoms with Crippen molar-refractivity contribution < 1.29 is 4.79 Å². The van der Waals surface area contributed by atoms with Crippen molar-refractivity contribution in [3.05, 3.63) is 70.8 Å². The number of nitrogens with zero attached hydrogens (tertiary/aromatic N) is 1. The molecule has 0 bridgehead atoms. The minimum atomic E-state index is -0.257. The number of benzene rings is 2. The lowest BCUT2D eigenvalue weighted by molar-refractivity contribution is -0.126. The molecule has 0 aromatic heterocycles. The van der Waals surface area contributed by atoms with Crippen LogP contribution in [0.5, 0.6) is 0 Å². The molecule has 0 aliphatic heterocycles. The first-order valence-corrected chi connectivity index (χ1v) is 8.66. The van der Waals surface area contributed by atoms with Gasteiger partial charge in [0.2, 0.25) is 5.91 Å². The summed E-state index contributed by atoms with van der Waals surface area (Å²) in [5.41, 5.74) is 4.85. The van der Waals surface area contributed by atoms with E-state index < -0.39 is 0 Å². The summed E-state index contributed by atoms with van der Waals surface area (Å²) in [5.74, 6) is 0.107. The molecule has 1 aliphatic carbocycles. The summed E-state index contributed by atoms with van der Waals surface area (Å²) in [4.78, 5) is 15.0. The Morgan fingerprint density at radius 2 is 1.88 bits per heavy atom. The van der Waals surface area contributed by atoms with Gasteiger partial charge in [0.05, 0.1) is 0 Å². The second kappa shape index (κ2) is 7.18. The number of carbonyl (C=O) groups excluding carboxylic acids is 1. The number of hydrogen-bond acceptors (Lipinski definition) is 2. The largest absolute Gasteiger partial charge is 0.352 e. The number of carbonyl (C=O) groups is 1. The van der Waals surface area contributed by atoms with Gasteiger partial charge in [-0.3, -0.25) is 9.69 Å². The third-order valence-electron chi connectivity index (χ3n) is 4.65. The molecular formula is C21H26N2O. The number of hydrogen-bond donors (Lipinski definition) is 1. The average Bonchev–Trinajstić information content (AvgIpc) is 3.35. The lowest BCUT2D eigenvalue weighted by Gasteiger charge is -2.28. The summed E-state index contributed by atoms with van der Waals surface area (Å²) in [6, 6.07) is 16.7. The summed E-state index contributed by atoms with van der Waals surface area (Å²) in [6.45, 7) is 5.00. The lowest BCUT2D eigenvalue weighted by Crippen LogP contribution is -2.39. The Balaban J connectivity index is 1.82. The van der Waals surface area contributed by atoms with E-state index in [0.29, 0.717) is 6.04 Å². The number of likely N-dealkylation sites (N-methyl/N-ethyl adjacent to an activating group) is 1. The van der Waals surface area contributed by atoms with E-state index in [4.69, 9.17) is 0 Å². The van der Waals surface area contributed by atoms with E-state index in [0.717, 1.165) is 24.9 Å². The summed E-state index contributed by atoms with van der Waals surface area (Å²) >= 11 is 0. The minimum Gasteiger partial charge on any atom is -0.352 e. The zero-order valence-corrected chi connectivity index (χ0v) is 14.8. The Hall–Kier alpha value is -2.13. The highest BCUT2D eigenvalue weighted by Gasteiger charge is 2.30. The van der Waals surface area contributed by atoms with Crippen molar-refractivity contribution in [2.24, 2.45) is 0 Å². The minimum absolute atomic E-state index is 0.107. The average molecular weight is 322 g/mol. The highest BCUT2D eigenvalue weighted by molar-refractivity contribution is 5.83. The first-order valence-electron chi connectivity index (χ1n) is 8.66. The van der Waals surface area contributed by atoms with E-state index in [1.165, 1.54) is 16.7 Å². The second-order valence-electron chi connectivity index (χ2n) is 6.94. The van der Waals surface area contributed by atoms with Gasteiger partial charge < -0.3 is 5.32 Å². The molecule has 3 nitrogen and oxygen atoms in total. The third kappa shape index (κ3) is 4.04. The Labute approximate surface area is 144 Å². The fraction of sp³-hybridized carbons (Fsp3) is 0.381. The molecule has 1 saturated carbocycles. The smallest absolute Gasteiger partial charge is 0.242 e. The van der Waals surface area contributed by atoms with Gasteiger partial charge in [-0.15, -0.1) is 0 Å². The Morgan fingerprint density at radius 3 is 2.50 bits per heavy atom. The van der Waals surface area contributed by atoms with E-state index in [2.05, 4.69) is 42.3 Å². The Kier molecular flexibility index (Phi) is 5.00. The fourth-order valence-electron chi connectivity index (χ4n) is 3.13. The van der Waals surface area contributed by atoms with Gasteiger partial charge in [-0.1, -0.05) is 54.1 Å². The van der Waals surface area contributed by atoms with Crippen LogP contribution in [0.25, 0.3) is 0 Å². The van der Waals surface area contributed by atoms with Gasteiger partial charge in [0.1, 0.15) is 6.04 Å². The molecule has 0 radical (unpaired) electrons. The van der Waals surface area contributed by atoms with Crippen molar-refractivity contribution >= 4 is 5.91 Å². The van der Waals surface area contributed by atoms with Crippen LogP contribution in [-0.2, 0) is 11.3 Å². The zero-order valence-electron chi connectivity index (χ0n) is 14.8. The van der Waals surface area contributed by atoms with Crippen molar-refractivity contribution in [2.75, 3.05) is 7.05 Å². The molecule has 2 aromatic carbocycles. The van der Waals surface area contributed by atoms with Crippen LogP contribution in [0, 0.1) is 13.8 Å². The second-order valence-corrected chi connectivity index (χ2v) is 6.94. The molecule has 24 heavy (non-hydrogen) atoms. The summed E-state index contributed by atoms with van der Waals surface area (Å²) in [6.07, 6.45) is 2.21. The Bertz CT molecular complexity index is 707.